The second kappa shape index (κ2) is 16.5. The van der Waals surface area contributed by atoms with Gasteiger partial charge in [-0.15, -0.1) is 12.4 Å². The molecule has 46 heavy (non-hydrogen) atoms. The first-order chi connectivity index (χ1) is 21.9. The number of benzene rings is 3. The third kappa shape index (κ3) is 7.14. The predicted octanol–water partition coefficient (Wildman–Crippen LogP) is 8.57. The van der Waals surface area contributed by atoms with E-state index in [1.165, 1.54) is 11.1 Å². The van der Waals surface area contributed by atoms with Gasteiger partial charge in [0.25, 0.3) is 0 Å². The summed E-state index contributed by atoms with van der Waals surface area (Å²) >= 11 is 3.76. The van der Waals surface area contributed by atoms with Crippen LogP contribution in [0, 0.1) is 6.92 Å². The maximum Gasteiger partial charge on any atom is 0.355 e. The van der Waals surface area contributed by atoms with Crippen LogP contribution in [0.1, 0.15) is 66.1 Å². The van der Waals surface area contributed by atoms with Crippen LogP contribution in [0.25, 0.3) is 32.8 Å². The number of fused-ring (bicyclic) bond motifs is 2. The number of hydrogen-bond donors (Lipinski definition) is 1. The summed E-state index contributed by atoms with van der Waals surface area (Å²) in [6.07, 6.45) is 4.21. The molecule has 0 unspecified atom stereocenters. The number of aromatic nitrogens is 3. The van der Waals surface area contributed by atoms with Crippen LogP contribution in [0.2, 0.25) is 0 Å². The van der Waals surface area contributed by atoms with Gasteiger partial charge in [0.2, 0.25) is 0 Å². The molecule has 2 aromatic heterocycles. The summed E-state index contributed by atoms with van der Waals surface area (Å²) in [6, 6.07) is 18.8. The summed E-state index contributed by atoms with van der Waals surface area (Å²) in [4.78, 5) is 13.8. The van der Waals surface area contributed by atoms with Crippen LogP contribution in [0.5, 0.6) is 5.75 Å². The quantitative estimate of drug-likeness (QED) is 0.0670. The third-order valence-corrected chi connectivity index (χ3v) is 9.03. The molecule has 0 atom stereocenters. The van der Waals surface area contributed by atoms with Gasteiger partial charge in [0, 0.05) is 40.8 Å². The maximum absolute atomic E-state index is 13.8. The number of alkyl halides is 1. The molecule has 0 spiro atoms. The zero-order valence-corrected chi connectivity index (χ0v) is 30.0. The first kappa shape index (κ1) is 35.5. The average Bonchev–Trinajstić information content (AvgIpc) is 3.52. The Kier molecular flexibility index (Phi) is 12.7. The van der Waals surface area contributed by atoms with E-state index in [-0.39, 0.29) is 18.4 Å². The van der Waals surface area contributed by atoms with Crippen molar-refractivity contribution in [1.82, 2.24) is 19.7 Å². The van der Waals surface area contributed by atoms with Crippen molar-refractivity contribution < 1.29 is 14.3 Å². The van der Waals surface area contributed by atoms with Crippen LogP contribution in [-0.4, -0.2) is 47.1 Å². The average molecular weight is 710 g/mol. The number of nitrogens with zero attached hydrogens (tertiary/aromatic N) is 3. The highest BCUT2D eigenvalue weighted by atomic mass is 79.9. The van der Waals surface area contributed by atoms with Crippen molar-refractivity contribution in [3.63, 3.8) is 0 Å². The number of rotatable bonds is 15. The Morgan fingerprint density at radius 3 is 2.50 bits per heavy atom. The lowest BCUT2D eigenvalue weighted by atomic mass is 9.93. The summed E-state index contributed by atoms with van der Waals surface area (Å²) in [6.45, 7) is 8.63. The number of halogens is 2. The SMILES string of the molecule is CCCc1nn(C)c(CBr)c1-c1c(C)ccc2c(CCCOc3cccc4ccccc34)c(C(=O)OCC)n(CCCNC)c12.Cl. The molecule has 0 bridgehead atoms. The number of carbonyl (C=O) groups excluding carboxylic acids is 1. The molecule has 5 aromatic rings. The molecule has 1 N–H and O–H groups in total. The van der Waals surface area contributed by atoms with Crippen molar-refractivity contribution >= 4 is 56.0 Å². The molecule has 0 saturated carbocycles. The summed E-state index contributed by atoms with van der Waals surface area (Å²) in [5, 5.41) is 12.3. The van der Waals surface area contributed by atoms with Crippen molar-refractivity contribution in [2.45, 2.75) is 64.8 Å². The maximum atomic E-state index is 13.8. The molecule has 0 fully saturated rings. The van der Waals surface area contributed by atoms with Gasteiger partial charge in [0.15, 0.2) is 0 Å². The van der Waals surface area contributed by atoms with Crippen molar-refractivity contribution in [3.8, 4) is 16.9 Å². The molecule has 0 amide bonds. The van der Waals surface area contributed by atoms with Crippen LogP contribution in [-0.2, 0) is 36.5 Å². The van der Waals surface area contributed by atoms with E-state index in [1.54, 1.807) is 0 Å². The van der Waals surface area contributed by atoms with Crippen LogP contribution in [0.3, 0.4) is 0 Å². The highest BCUT2D eigenvalue weighted by Gasteiger charge is 2.29. The molecule has 246 valence electrons. The van der Waals surface area contributed by atoms with E-state index in [9.17, 15) is 4.79 Å². The lowest BCUT2D eigenvalue weighted by Crippen LogP contribution is -2.17. The smallest absolute Gasteiger partial charge is 0.355 e. The van der Waals surface area contributed by atoms with Gasteiger partial charge >= 0.3 is 5.97 Å². The number of nitrogens with one attached hydrogen (secondary N) is 1. The van der Waals surface area contributed by atoms with Gasteiger partial charge in [-0.1, -0.05) is 77.8 Å². The minimum absolute atomic E-state index is 0. The molecule has 0 radical (unpaired) electrons. The topological polar surface area (TPSA) is 70.3 Å². The van der Waals surface area contributed by atoms with Crippen molar-refractivity contribution in [2.24, 2.45) is 7.05 Å². The highest BCUT2D eigenvalue weighted by molar-refractivity contribution is 9.08. The Morgan fingerprint density at radius 2 is 1.76 bits per heavy atom. The standard InChI is InChI=1S/C37H45BrN4O3.ClH/c1-6-13-30-34(31(24-38)41(5)40-30)33-25(3)19-20-29-28(36(37(43)44-7-2)42(35(29)33)22-12-21-39-4)17-11-23-45-32-18-10-15-26-14-8-9-16-27(26)32;/h8-10,14-16,18-20,39H,6-7,11-13,17,21-24H2,1-5H3;1H. The lowest BCUT2D eigenvalue weighted by Gasteiger charge is -2.16. The first-order valence-corrected chi connectivity index (χ1v) is 17.2. The molecule has 7 nitrogen and oxygen atoms in total. The van der Waals surface area contributed by atoms with Gasteiger partial charge in [-0.05, 0) is 75.7 Å². The number of esters is 1. The highest BCUT2D eigenvalue weighted by Crippen LogP contribution is 2.41. The van der Waals surface area contributed by atoms with E-state index < -0.39 is 0 Å². The van der Waals surface area contributed by atoms with Crippen LogP contribution in [0.4, 0.5) is 0 Å². The molecule has 0 aliphatic rings. The summed E-state index contributed by atoms with van der Waals surface area (Å²) < 4.78 is 16.3. The minimum Gasteiger partial charge on any atom is -0.493 e. The van der Waals surface area contributed by atoms with E-state index in [0.29, 0.717) is 37.2 Å². The van der Waals surface area contributed by atoms with Gasteiger partial charge < -0.3 is 19.4 Å². The number of ether oxygens (including phenoxy) is 2. The Hall–Kier alpha value is -3.33. The van der Waals surface area contributed by atoms with E-state index in [1.807, 2.05) is 50.0 Å². The zero-order valence-electron chi connectivity index (χ0n) is 27.6. The fraction of sp³-hybridized carbons (Fsp3) is 0.405. The molecule has 2 heterocycles. The van der Waals surface area contributed by atoms with Crippen molar-refractivity contribution in [2.75, 3.05) is 26.8 Å². The largest absolute Gasteiger partial charge is 0.493 e. The van der Waals surface area contributed by atoms with Gasteiger partial charge in [0.1, 0.15) is 11.4 Å². The second-order valence-corrected chi connectivity index (χ2v) is 12.1. The monoisotopic (exact) mass is 708 g/mol. The normalized spacial score (nSPS) is 11.3. The van der Waals surface area contributed by atoms with E-state index >= 15 is 0 Å². The fourth-order valence-corrected chi connectivity index (χ4v) is 7.13. The third-order valence-electron chi connectivity index (χ3n) is 8.49. The number of aryl methyl sites for hydroxylation is 5. The predicted molar refractivity (Wildman–Crippen MR) is 195 cm³/mol. The van der Waals surface area contributed by atoms with Gasteiger partial charge in [-0.25, -0.2) is 4.79 Å². The first-order valence-electron chi connectivity index (χ1n) is 16.1. The van der Waals surface area contributed by atoms with Crippen LogP contribution in [0.15, 0.2) is 54.6 Å². The van der Waals surface area contributed by atoms with Gasteiger partial charge in [0.05, 0.1) is 30.1 Å². The number of hydrogen-bond acceptors (Lipinski definition) is 5. The molecule has 0 saturated heterocycles. The molecular formula is C37H46BrClN4O3. The van der Waals surface area contributed by atoms with Crippen molar-refractivity contribution in [3.05, 3.63) is 82.8 Å². The molecule has 0 aliphatic heterocycles. The molecule has 3 aromatic carbocycles. The fourth-order valence-electron chi connectivity index (χ4n) is 6.48. The van der Waals surface area contributed by atoms with Gasteiger partial charge in [-0.2, -0.15) is 5.10 Å². The Labute approximate surface area is 287 Å². The Morgan fingerprint density at radius 1 is 0.978 bits per heavy atom. The second-order valence-electron chi connectivity index (χ2n) is 11.5. The lowest BCUT2D eigenvalue weighted by molar-refractivity contribution is 0.0512. The number of carbonyl (C=O) groups is 1. The molecule has 5 rings (SSSR count). The van der Waals surface area contributed by atoms with Crippen LogP contribution >= 0.6 is 28.3 Å². The Bertz CT molecular complexity index is 1790. The Balaban J connectivity index is 0.00000480. The van der Waals surface area contributed by atoms with Gasteiger partial charge in [-0.3, -0.25) is 4.68 Å². The molecular weight excluding hydrogens is 664 g/mol. The summed E-state index contributed by atoms with van der Waals surface area (Å²) in [5.74, 6) is 0.612. The molecule has 0 aliphatic carbocycles. The van der Waals surface area contributed by atoms with Crippen molar-refractivity contribution in [1.29, 1.82) is 0 Å². The van der Waals surface area contributed by atoms with Crippen LogP contribution < -0.4 is 10.1 Å². The summed E-state index contributed by atoms with van der Waals surface area (Å²) in [7, 11) is 3.98. The zero-order chi connectivity index (χ0) is 31.9. The summed E-state index contributed by atoms with van der Waals surface area (Å²) in [5.41, 5.74) is 8.50. The van der Waals surface area contributed by atoms with E-state index in [0.717, 1.165) is 82.2 Å². The minimum atomic E-state index is -0.271. The van der Waals surface area contributed by atoms with E-state index in [2.05, 4.69) is 70.0 Å². The molecule has 9 heteroatoms. The van der Waals surface area contributed by atoms with E-state index in [4.69, 9.17) is 14.6 Å².